The average molecular weight is 280 g/mol. The molecule has 0 spiro atoms. The highest BCUT2D eigenvalue weighted by atomic mass is 32.2. The molecule has 1 aliphatic rings. The molecular formula is C9H14F2N4O2S. The molecular weight excluding hydrogens is 266 g/mol. The van der Waals surface area contributed by atoms with Gasteiger partial charge in [-0.15, -0.1) is 0 Å². The van der Waals surface area contributed by atoms with Crippen LogP contribution in [0.1, 0.15) is 18.4 Å². The molecule has 0 bridgehead atoms. The van der Waals surface area contributed by atoms with E-state index in [-0.39, 0.29) is 5.82 Å². The van der Waals surface area contributed by atoms with Gasteiger partial charge in [0.2, 0.25) is 10.0 Å². The number of fused-ring (bicyclic) bond motifs is 1. The first-order valence-corrected chi connectivity index (χ1v) is 7.24. The standard InChI is InChI=1S/C9H14F2N4O2S/c1-9(10,11)8-13-7(14-18(2,16)17)6-5-12-3-4-15(6)8/h12,14H,3-5H2,1-2H3. The number of sulfonamides is 1. The fourth-order valence-electron chi connectivity index (χ4n) is 1.90. The van der Waals surface area contributed by atoms with Crippen LogP contribution in [0.15, 0.2) is 0 Å². The highest BCUT2D eigenvalue weighted by Gasteiger charge is 2.34. The Kier molecular flexibility index (Phi) is 3.06. The van der Waals surface area contributed by atoms with Crippen LogP contribution < -0.4 is 10.0 Å². The lowest BCUT2D eigenvalue weighted by Crippen LogP contribution is -2.31. The predicted molar refractivity (Wildman–Crippen MR) is 62.0 cm³/mol. The van der Waals surface area contributed by atoms with Crippen LogP contribution in [0, 0.1) is 0 Å². The molecule has 0 saturated heterocycles. The summed E-state index contributed by atoms with van der Waals surface area (Å²) in [5.74, 6) is -3.55. The first-order valence-electron chi connectivity index (χ1n) is 5.34. The molecule has 0 aliphatic carbocycles. The summed E-state index contributed by atoms with van der Waals surface area (Å²) in [7, 11) is -3.54. The summed E-state index contributed by atoms with van der Waals surface area (Å²) in [6.45, 7) is 1.94. The van der Waals surface area contributed by atoms with E-state index in [9.17, 15) is 17.2 Å². The van der Waals surface area contributed by atoms with Crippen molar-refractivity contribution >= 4 is 15.8 Å². The Morgan fingerprint density at radius 1 is 1.50 bits per heavy atom. The summed E-state index contributed by atoms with van der Waals surface area (Å²) < 4.78 is 52.7. The van der Waals surface area contributed by atoms with Gasteiger partial charge < -0.3 is 9.88 Å². The number of anilines is 1. The SMILES string of the molecule is CC(F)(F)c1nc(NS(C)(=O)=O)c2n1CCNC2. The molecule has 1 aromatic rings. The van der Waals surface area contributed by atoms with E-state index in [2.05, 4.69) is 15.0 Å². The zero-order valence-corrected chi connectivity index (χ0v) is 10.8. The zero-order valence-electron chi connectivity index (χ0n) is 10.00. The van der Waals surface area contributed by atoms with Crippen LogP contribution >= 0.6 is 0 Å². The van der Waals surface area contributed by atoms with Crippen LogP contribution in [0.25, 0.3) is 0 Å². The summed E-state index contributed by atoms with van der Waals surface area (Å²) in [6, 6.07) is 0. The second-order valence-corrected chi connectivity index (χ2v) is 6.07. The van der Waals surface area contributed by atoms with Crippen molar-refractivity contribution in [1.82, 2.24) is 14.9 Å². The van der Waals surface area contributed by atoms with Crippen molar-refractivity contribution < 1.29 is 17.2 Å². The van der Waals surface area contributed by atoms with Crippen molar-refractivity contribution in [2.24, 2.45) is 0 Å². The molecule has 1 aromatic heterocycles. The van der Waals surface area contributed by atoms with Gasteiger partial charge in [0, 0.05) is 26.6 Å². The van der Waals surface area contributed by atoms with Gasteiger partial charge in [-0.25, -0.2) is 13.4 Å². The molecule has 0 unspecified atom stereocenters. The molecule has 2 rings (SSSR count). The van der Waals surface area contributed by atoms with Crippen molar-refractivity contribution in [2.75, 3.05) is 17.5 Å². The highest BCUT2D eigenvalue weighted by molar-refractivity contribution is 7.92. The smallest absolute Gasteiger partial charge is 0.302 e. The van der Waals surface area contributed by atoms with Gasteiger partial charge in [0.25, 0.3) is 0 Å². The number of hydrogen-bond acceptors (Lipinski definition) is 4. The van der Waals surface area contributed by atoms with Gasteiger partial charge in [0.05, 0.1) is 11.9 Å². The molecule has 102 valence electrons. The lowest BCUT2D eigenvalue weighted by molar-refractivity contribution is 0.00356. The van der Waals surface area contributed by atoms with Crippen LogP contribution in [0.5, 0.6) is 0 Å². The van der Waals surface area contributed by atoms with Crippen LogP contribution in [-0.2, 0) is 29.0 Å². The van der Waals surface area contributed by atoms with Gasteiger partial charge in [-0.05, 0) is 0 Å². The fourth-order valence-corrected chi connectivity index (χ4v) is 2.41. The molecule has 0 atom stereocenters. The Labute approximate surface area is 103 Å². The fraction of sp³-hybridized carbons (Fsp3) is 0.667. The van der Waals surface area contributed by atoms with E-state index in [1.54, 1.807) is 0 Å². The minimum atomic E-state index is -3.54. The third-order valence-electron chi connectivity index (χ3n) is 2.55. The van der Waals surface area contributed by atoms with Crippen molar-refractivity contribution in [2.45, 2.75) is 25.9 Å². The molecule has 2 N–H and O–H groups in total. The second kappa shape index (κ2) is 4.16. The van der Waals surface area contributed by atoms with Gasteiger partial charge in [-0.3, -0.25) is 4.72 Å². The molecule has 1 aliphatic heterocycles. The molecule has 0 saturated carbocycles. The Balaban J connectivity index is 2.52. The van der Waals surface area contributed by atoms with Crippen molar-refractivity contribution in [3.05, 3.63) is 11.5 Å². The number of hydrogen-bond donors (Lipinski definition) is 2. The van der Waals surface area contributed by atoms with E-state index in [1.807, 2.05) is 0 Å². The summed E-state index contributed by atoms with van der Waals surface area (Å²) in [4.78, 5) is 3.73. The molecule has 0 aromatic carbocycles. The Morgan fingerprint density at radius 2 is 2.17 bits per heavy atom. The average Bonchev–Trinajstić information content (AvgIpc) is 2.55. The molecule has 9 heteroatoms. The lowest BCUT2D eigenvalue weighted by Gasteiger charge is -2.20. The first kappa shape index (κ1) is 13.2. The van der Waals surface area contributed by atoms with Crippen LogP contribution in [0.2, 0.25) is 0 Å². The van der Waals surface area contributed by atoms with Crippen molar-refractivity contribution in [3.63, 3.8) is 0 Å². The molecule has 2 heterocycles. The summed E-state index contributed by atoms with van der Waals surface area (Å²) >= 11 is 0. The molecule has 0 amide bonds. The summed E-state index contributed by atoms with van der Waals surface area (Å²) in [5.41, 5.74) is 0.434. The van der Waals surface area contributed by atoms with Crippen LogP contribution in [0.4, 0.5) is 14.6 Å². The topological polar surface area (TPSA) is 76.0 Å². The minimum absolute atomic E-state index is 0.0266. The normalized spacial score (nSPS) is 16.4. The lowest BCUT2D eigenvalue weighted by atomic mass is 10.3. The number of halogens is 2. The summed E-state index contributed by atoms with van der Waals surface area (Å²) in [5, 5.41) is 2.99. The number of nitrogens with one attached hydrogen (secondary N) is 2. The van der Waals surface area contributed by atoms with Crippen LogP contribution in [0.3, 0.4) is 0 Å². The largest absolute Gasteiger partial charge is 0.323 e. The Hall–Kier alpha value is -1.22. The maximum absolute atomic E-state index is 13.4. The van der Waals surface area contributed by atoms with Gasteiger partial charge in [-0.1, -0.05) is 0 Å². The third-order valence-corrected chi connectivity index (χ3v) is 3.12. The Morgan fingerprint density at radius 3 is 2.72 bits per heavy atom. The van der Waals surface area contributed by atoms with Crippen LogP contribution in [-0.4, -0.2) is 30.8 Å². The number of nitrogens with zero attached hydrogens (tertiary/aromatic N) is 2. The van der Waals surface area contributed by atoms with E-state index in [1.165, 1.54) is 4.57 Å². The second-order valence-electron chi connectivity index (χ2n) is 4.32. The molecule has 18 heavy (non-hydrogen) atoms. The number of aromatic nitrogens is 2. The third kappa shape index (κ3) is 2.61. The quantitative estimate of drug-likeness (QED) is 0.844. The first-order chi connectivity index (χ1) is 8.18. The maximum Gasteiger partial charge on any atom is 0.302 e. The minimum Gasteiger partial charge on any atom is -0.323 e. The monoisotopic (exact) mass is 280 g/mol. The zero-order chi connectivity index (χ0) is 13.6. The molecule has 0 radical (unpaired) electrons. The van der Waals surface area contributed by atoms with Gasteiger partial charge in [0.15, 0.2) is 11.6 Å². The van der Waals surface area contributed by atoms with E-state index in [0.717, 1.165) is 13.2 Å². The number of imidazole rings is 1. The molecule has 0 fully saturated rings. The number of alkyl halides is 2. The van der Waals surface area contributed by atoms with Crippen molar-refractivity contribution in [3.8, 4) is 0 Å². The summed E-state index contributed by atoms with van der Waals surface area (Å²) in [6.07, 6.45) is 0.957. The van der Waals surface area contributed by atoms with Gasteiger partial charge in [0.1, 0.15) is 0 Å². The van der Waals surface area contributed by atoms with E-state index >= 15 is 0 Å². The van der Waals surface area contributed by atoms with Gasteiger partial charge in [-0.2, -0.15) is 8.78 Å². The van der Waals surface area contributed by atoms with E-state index < -0.39 is 21.8 Å². The van der Waals surface area contributed by atoms with E-state index in [0.29, 0.717) is 25.3 Å². The highest BCUT2D eigenvalue weighted by Crippen LogP contribution is 2.31. The number of rotatable bonds is 3. The predicted octanol–water partition coefficient (Wildman–Crippen LogP) is 0.469. The maximum atomic E-state index is 13.4. The van der Waals surface area contributed by atoms with Gasteiger partial charge >= 0.3 is 5.92 Å². The van der Waals surface area contributed by atoms with Crippen molar-refractivity contribution in [1.29, 1.82) is 0 Å². The van der Waals surface area contributed by atoms with E-state index in [4.69, 9.17) is 0 Å². The Bertz CT molecular complexity index is 562. The molecule has 6 nitrogen and oxygen atoms in total.